The van der Waals surface area contributed by atoms with Crippen LogP contribution in [0, 0.1) is 0 Å². The van der Waals surface area contributed by atoms with Gasteiger partial charge in [0.2, 0.25) is 0 Å². The number of esters is 1. The van der Waals surface area contributed by atoms with Crippen LogP contribution >= 0.6 is 11.6 Å². The third-order valence-corrected chi connectivity index (χ3v) is 2.90. The van der Waals surface area contributed by atoms with Crippen molar-refractivity contribution in [2.75, 3.05) is 11.9 Å². The van der Waals surface area contributed by atoms with E-state index in [-0.39, 0.29) is 6.61 Å². The molecule has 0 spiro atoms. The molecule has 0 bridgehead atoms. The first-order valence-corrected chi connectivity index (χ1v) is 6.98. The van der Waals surface area contributed by atoms with Gasteiger partial charge < -0.3 is 9.47 Å². The second kappa shape index (κ2) is 7.47. The molecule has 0 unspecified atom stereocenters. The Bertz CT molecular complexity index is 670. The van der Waals surface area contributed by atoms with E-state index in [0.29, 0.717) is 22.0 Å². The number of hydrogen-bond acceptors (Lipinski definition) is 4. The summed E-state index contributed by atoms with van der Waals surface area (Å²) in [5.41, 5.74) is 0.855. The quantitative estimate of drug-likeness (QED) is 0.680. The number of carbonyl (C=O) groups is 2. The number of benzene rings is 2. The number of amides is 1. The van der Waals surface area contributed by atoms with Crippen molar-refractivity contribution in [3.63, 3.8) is 0 Å². The molecule has 114 valence electrons. The molecule has 0 aliphatic rings. The summed E-state index contributed by atoms with van der Waals surface area (Å²) >= 11 is 5.77. The van der Waals surface area contributed by atoms with Crippen LogP contribution in [-0.4, -0.2) is 18.7 Å². The Labute approximate surface area is 132 Å². The molecule has 1 N–H and O–H groups in total. The molecule has 2 aromatic carbocycles. The van der Waals surface area contributed by atoms with E-state index in [1.165, 1.54) is 6.07 Å². The van der Waals surface area contributed by atoms with Crippen molar-refractivity contribution in [1.29, 1.82) is 0 Å². The van der Waals surface area contributed by atoms with Crippen LogP contribution in [0.15, 0.2) is 48.5 Å². The van der Waals surface area contributed by atoms with Crippen LogP contribution in [0.3, 0.4) is 0 Å². The molecule has 1 amide bonds. The predicted octanol–water partition coefficient (Wildman–Crippen LogP) is 4.13. The fourth-order valence-corrected chi connectivity index (χ4v) is 1.80. The minimum absolute atomic E-state index is 0.275. The Hall–Kier alpha value is -2.53. The SMILES string of the molecule is CCOC(=O)Nc1cccc(OC(=O)c2ccc(Cl)cc2)c1. The lowest BCUT2D eigenvalue weighted by Crippen LogP contribution is -2.13. The van der Waals surface area contributed by atoms with Gasteiger partial charge >= 0.3 is 12.1 Å². The molecule has 2 rings (SSSR count). The number of nitrogens with one attached hydrogen (secondary N) is 1. The Morgan fingerprint density at radius 2 is 1.86 bits per heavy atom. The summed E-state index contributed by atoms with van der Waals surface area (Å²) in [5.74, 6) is -0.195. The minimum Gasteiger partial charge on any atom is -0.450 e. The van der Waals surface area contributed by atoms with Gasteiger partial charge in [0.1, 0.15) is 5.75 Å². The maximum atomic E-state index is 12.0. The molecule has 2 aromatic rings. The summed E-state index contributed by atoms with van der Waals surface area (Å²) in [4.78, 5) is 23.3. The first kappa shape index (κ1) is 15.9. The van der Waals surface area contributed by atoms with Gasteiger partial charge in [-0.25, -0.2) is 9.59 Å². The largest absolute Gasteiger partial charge is 0.450 e. The predicted molar refractivity (Wildman–Crippen MR) is 83.5 cm³/mol. The number of hydrogen-bond donors (Lipinski definition) is 1. The first-order chi connectivity index (χ1) is 10.6. The van der Waals surface area contributed by atoms with E-state index in [9.17, 15) is 9.59 Å². The summed E-state index contributed by atoms with van der Waals surface area (Å²) in [7, 11) is 0. The van der Waals surface area contributed by atoms with E-state index in [0.717, 1.165) is 0 Å². The molecular weight excluding hydrogens is 306 g/mol. The monoisotopic (exact) mass is 319 g/mol. The third-order valence-electron chi connectivity index (χ3n) is 2.65. The van der Waals surface area contributed by atoms with Crippen LogP contribution < -0.4 is 10.1 Å². The maximum Gasteiger partial charge on any atom is 0.411 e. The highest BCUT2D eigenvalue weighted by Gasteiger charge is 2.09. The van der Waals surface area contributed by atoms with E-state index in [1.807, 2.05) is 0 Å². The Morgan fingerprint density at radius 3 is 2.55 bits per heavy atom. The summed E-state index contributed by atoms with van der Waals surface area (Å²) in [6.07, 6.45) is -0.566. The number of rotatable bonds is 4. The lowest BCUT2D eigenvalue weighted by atomic mass is 10.2. The highest BCUT2D eigenvalue weighted by Crippen LogP contribution is 2.19. The van der Waals surface area contributed by atoms with Crippen molar-refractivity contribution in [3.8, 4) is 5.75 Å². The van der Waals surface area contributed by atoms with Crippen molar-refractivity contribution in [3.05, 3.63) is 59.1 Å². The Kier molecular flexibility index (Phi) is 5.38. The molecule has 0 saturated heterocycles. The average molecular weight is 320 g/mol. The zero-order valence-electron chi connectivity index (χ0n) is 11.8. The van der Waals surface area contributed by atoms with Crippen LogP contribution in [0.5, 0.6) is 5.75 Å². The zero-order valence-corrected chi connectivity index (χ0v) is 12.6. The van der Waals surface area contributed by atoms with Crippen LogP contribution in [0.1, 0.15) is 17.3 Å². The summed E-state index contributed by atoms with van der Waals surface area (Å²) < 4.78 is 10.0. The molecular formula is C16H14ClNO4. The van der Waals surface area contributed by atoms with E-state index in [1.54, 1.807) is 49.4 Å². The molecule has 6 heteroatoms. The van der Waals surface area contributed by atoms with Crippen LogP contribution in [0.2, 0.25) is 5.02 Å². The van der Waals surface area contributed by atoms with Gasteiger partial charge in [0, 0.05) is 16.8 Å². The van der Waals surface area contributed by atoms with Gasteiger partial charge in [-0.3, -0.25) is 5.32 Å². The summed E-state index contributed by atoms with van der Waals surface area (Å²) in [5, 5.41) is 3.07. The van der Waals surface area contributed by atoms with E-state index in [4.69, 9.17) is 21.1 Å². The number of anilines is 1. The number of carbonyl (C=O) groups excluding carboxylic acids is 2. The standard InChI is InChI=1S/C16H14ClNO4/c1-2-21-16(20)18-13-4-3-5-14(10-13)22-15(19)11-6-8-12(17)9-7-11/h3-10H,2H2,1H3,(H,18,20). The van der Waals surface area contributed by atoms with Gasteiger partial charge in [-0.05, 0) is 43.3 Å². The molecule has 22 heavy (non-hydrogen) atoms. The summed E-state index contributed by atoms with van der Waals surface area (Å²) in [6, 6.07) is 12.8. The minimum atomic E-state index is -0.566. The zero-order chi connectivity index (χ0) is 15.9. The molecule has 5 nitrogen and oxygen atoms in total. The van der Waals surface area contributed by atoms with Gasteiger partial charge in [-0.15, -0.1) is 0 Å². The molecule has 0 atom stereocenters. The van der Waals surface area contributed by atoms with Crippen LogP contribution in [-0.2, 0) is 4.74 Å². The molecule has 0 fully saturated rings. The van der Waals surface area contributed by atoms with Crippen molar-refractivity contribution in [2.24, 2.45) is 0 Å². The van der Waals surface area contributed by atoms with E-state index >= 15 is 0 Å². The molecule has 0 aliphatic heterocycles. The fraction of sp³-hybridized carbons (Fsp3) is 0.125. The topological polar surface area (TPSA) is 64.6 Å². The normalized spacial score (nSPS) is 9.91. The fourth-order valence-electron chi connectivity index (χ4n) is 1.67. The van der Waals surface area contributed by atoms with Crippen molar-refractivity contribution < 1.29 is 19.1 Å². The Balaban J connectivity index is 2.05. The van der Waals surface area contributed by atoms with E-state index in [2.05, 4.69) is 5.32 Å². The first-order valence-electron chi connectivity index (χ1n) is 6.60. The summed E-state index contributed by atoms with van der Waals surface area (Å²) in [6.45, 7) is 1.99. The van der Waals surface area contributed by atoms with Gasteiger partial charge in [-0.1, -0.05) is 17.7 Å². The van der Waals surface area contributed by atoms with Crippen molar-refractivity contribution >= 4 is 29.4 Å². The van der Waals surface area contributed by atoms with Crippen LogP contribution in [0.25, 0.3) is 0 Å². The highest BCUT2D eigenvalue weighted by molar-refractivity contribution is 6.30. The lowest BCUT2D eigenvalue weighted by Gasteiger charge is -2.08. The Morgan fingerprint density at radius 1 is 1.14 bits per heavy atom. The number of ether oxygens (including phenoxy) is 2. The smallest absolute Gasteiger partial charge is 0.411 e. The van der Waals surface area contributed by atoms with Gasteiger partial charge in [0.05, 0.1) is 12.2 Å². The maximum absolute atomic E-state index is 12.0. The van der Waals surface area contributed by atoms with E-state index < -0.39 is 12.1 Å². The van der Waals surface area contributed by atoms with Crippen molar-refractivity contribution in [2.45, 2.75) is 6.92 Å². The number of halogens is 1. The highest BCUT2D eigenvalue weighted by atomic mass is 35.5. The lowest BCUT2D eigenvalue weighted by molar-refractivity contribution is 0.0735. The van der Waals surface area contributed by atoms with Gasteiger partial charge in [-0.2, -0.15) is 0 Å². The molecule has 0 aromatic heterocycles. The molecule has 0 heterocycles. The molecule has 0 aliphatic carbocycles. The molecule has 0 saturated carbocycles. The van der Waals surface area contributed by atoms with Gasteiger partial charge in [0.15, 0.2) is 0 Å². The van der Waals surface area contributed by atoms with Gasteiger partial charge in [0.25, 0.3) is 0 Å². The average Bonchev–Trinajstić information content (AvgIpc) is 2.48. The molecule has 0 radical (unpaired) electrons. The van der Waals surface area contributed by atoms with Crippen LogP contribution in [0.4, 0.5) is 10.5 Å². The second-order valence-electron chi connectivity index (χ2n) is 4.27. The third kappa shape index (κ3) is 4.49. The second-order valence-corrected chi connectivity index (χ2v) is 4.71. The van der Waals surface area contributed by atoms with Crippen molar-refractivity contribution in [1.82, 2.24) is 0 Å².